The molecule has 0 bridgehead atoms. The molecule has 1 aliphatic heterocycles. The third-order valence-corrected chi connectivity index (χ3v) is 2.14. The van der Waals surface area contributed by atoms with Gasteiger partial charge in [0.05, 0.1) is 6.10 Å². The molecule has 0 aromatic carbocycles. The number of amides is 1. The highest BCUT2D eigenvalue weighted by molar-refractivity contribution is 5.93. The first kappa shape index (κ1) is 8.96. The zero-order valence-electron chi connectivity index (χ0n) is 7.55. The second-order valence-corrected chi connectivity index (χ2v) is 3.31. The summed E-state index contributed by atoms with van der Waals surface area (Å²) in [7, 11) is 0. The standard InChI is InChI=1S/C9H11N3O2/c10-8-3-1-2-7(11-8)9(14)12-4-6(13)5-12/h1-3,6,13H,4-5H2,(H2,10,11). The van der Waals surface area contributed by atoms with Gasteiger partial charge in [-0.1, -0.05) is 6.07 Å². The van der Waals surface area contributed by atoms with Crippen molar-refractivity contribution >= 4 is 11.7 Å². The number of pyridine rings is 1. The number of aromatic nitrogens is 1. The number of nitrogens with zero attached hydrogens (tertiary/aromatic N) is 2. The number of β-amino-alcohol motifs (C(OH)–C–C–N with tert-alkyl or cyclic N) is 1. The number of hydrogen-bond donors (Lipinski definition) is 2. The quantitative estimate of drug-likeness (QED) is 0.629. The molecule has 0 saturated carbocycles. The van der Waals surface area contributed by atoms with Gasteiger partial charge < -0.3 is 15.7 Å². The van der Waals surface area contributed by atoms with E-state index in [1.165, 1.54) is 4.90 Å². The zero-order valence-corrected chi connectivity index (χ0v) is 7.55. The molecular weight excluding hydrogens is 182 g/mol. The van der Waals surface area contributed by atoms with Gasteiger partial charge in [0.25, 0.3) is 5.91 Å². The van der Waals surface area contributed by atoms with Crippen LogP contribution >= 0.6 is 0 Å². The Bertz CT molecular complexity index is 361. The molecule has 1 amide bonds. The molecule has 5 nitrogen and oxygen atoms in total. The maximum Gasteiger partial charge on any atom is 0.272 e. The molecule has 1 saturated heterocycles. The lowest BCUT2D eigenvalue weighted by atomic mass is 10.1. The predicted molar refractivity (Wildman–Crippen MR) is 50.6 cm³/mol. The van der Waals surface area contributed by atoms with Gasteiger partial charge in [0.15, 0.2) is 0 Å². The van der Waals surface area contributed by atoms with Crippen molar-refractivity contribution < 1.29 is 9.90 Å². The Balaban J connectivity index is 2.12. The minimum atomic E-state index is -0.389. The molecule has 2 heterocycles. The number of carbonyl (C=O) groups is 1. The molecule has 1 fully saturated rings. The number of carbonyl (C=O) groups excluding carboxylic acids is 1. The molecule has 14 heavy (non-hydrogen) atoms. The van der Waals surface area contributed by atoms with Crippen molar-refractivity contribution in [3.8, 4) is 0 Å². The third kappa shape index (κ3) is 1.54. The fraction of sp³-hybridized carbons (Fsp3) is 0.333. The molecule has 1 aromatic rings. The van der Waals surface area contributed by atoms with Crippen LogP contribution in [0.3, 0.4) is 0 Å². The van der Waals surface area contributed by atoms with Crippen LogP contribution in [0.15, 0.2) is 18.2 Å². The first-order valence-corrected chi connectivity index (χ1v) is 4.36. The fourth-order valence-electron chi connectivity index (χ4n) is 1.35. The summed E-state index contributed by atoms with van der Waals surface area (Å²) in [5.74, 6) is 0.152. The lowest BCUT2D eigenvalue weighted by Gasteiger charge is -2.35. The third-order valence-electron chi connectivity index (χ3n) is 2.14. The number of hydrogen-bond acceptors (Lipinski definition) is 4. The van der Waals surface area contributed by atoms with Crippen molar-refractivity contribution in [1.29, 1.82) is 0 Å². The van der Waals surface area contributed by atoms with Gasteiger partial charge in [-0.25, -0.2) is 4.98 Å². The van der Waals surface area contributed by atoms with Crippen LogP contribution in [0.5, 0.6) is 0 Å². The van der Waals surface area contributed by atoms with E-state index in [0.29, 0.717) is 24.6 Å². The normalized spacial score (nSPS) is 16.5. The topological polar surface area (TPSA) is 79.5 Å². The molecule has 0 spiro atoms. The van der Waals surface area contributed by atoms with E-state index in [9.17, 15) is 4.79 Å². The number of aliphatic hydroxyl groups excluding tert-OH is 1. The van der Waals surface area contributed by atoms with Gasteiger partial charge in [-0.2, -0.15) is 0 Å². The Morgan fingerprint density at radius 1 is 1.57 bits per heavy atom. The average Bonchev–Trinajstić information content (AvgIpc) is 2.12. The molecule has 1 aromatic heterocycles. The van der Waals surface area contributed by atoms with Gasteiger partial charge >= 0.3 is 0 Å². The number of likely N-dealkylation sites (tertiary alicyclic amines) is 1. The summed E-state index contributed by atoms with van der Waals surface area (Å²) < 4.78 is 0. The Hall–Kier alpha value is -1.62. The number of nitrogen functional groups attached to an aromatic ring is 1. The van der Waals surface area contributed by atoms with E-state index in [1.807, 2.05) is 0 Å². The first-order chi connectivity index (χ1) is 6.66. The molecule has 0 unspecified atom stereocenters. The highest BCUT2D eigenvalue weighted by Gasteiger charge is 2.29. The molecule has 74 valence electrons. The molecule has 0 atom stereocenters. The second kappa shape index (κ2) is 3.26. The van der Waals surface area contributed by atoms with Crippen LogP contribution in [0, 0.1) is 0 Å². The largest absolute Gasteiger partial charge is 0.389 e. The number of aliphatic hydroxyl groups is 1. The summed E-state index contributed by atoms with van der Waals surface area (Å²) in [6, 6.07) is 4.93. The summed E-state index contributed by atoms with van der Waals surface area (Å²) in [4.78, 5) is 17.1. The van der Waals surface area contributed by atoms with Crippen LogP contribution in [0.2, 0.25) is 0 Å². The van der Waals surface area contributed by atoms with Crippen LogP contribution in [-0.2, 0) is 0 Å². The van der Waals surface area contributed by atoms with Crippen molar-refractivity contribution in [3.63, 3.8) is 0 Å². The van der Waals surface area contributed by atoms with Crippen molar-refractivity contribution in [2.75, 3.05) is 18.8 Å². The lowest BCUT2D eigenvalue weighted by Crippen LogP contribution is -2.53. The van der Waals surface area contributed by atoms with Gasteiger partial charge in [-0.15, -0.1) is 0 Å². The van der Waals surface area contributed by atoms with Gasteiger partial charge in [-0.3, -0.25) is 4.79 Å². The van der Waals surface area contributed by atoms with E-state index in [2.05, 4.69) is 4.98 Å². The van der Waals surface area contributed by atoms with E-state index in [1.54, 1.807) is 18.2 Å². The molecule has 0 aliphatic carbocycles. The van der Waals surface area contributed by atoms with Crippen molar-refractivity contribution in [3.05, 3.63) is 23.9 Å². The number of rotatable bonds is 1. The van der Waals surface area contributed by atoms with Gasteiger partial charge in [0, 0.05) is 13.1 Å². The SMILES string of the molecule is Nc1cccc(C(=O)N2CC(O)C2)n1. The molecule has 5 heteroatoms. The summed E-state index contributed by atoms with van der Waals surface area (Å²) in [6.45, 7) is 0.768. The van der Waals surface area contributed by atoms with E-state index in [4.69, 9.17) is 10.8 Å². The van der Waals surface area contributed by atoms with Gasteiger partial charge in [0.1, 0.15) is 11.5 Å². The van der Waals surface area contributed by atoms with E-state index < -0.39 is 0 Å². The van der Waals surface area contributed by atoms with Crippen molar-refractivity contribution in [2.45, 2.75) is 6.10 Å². The maximum absolute atomic E-state index is 11.6. The molecule has 0 radical (unpaired) electrons. The minimum Gasteiger partial charge on any atom is -0.389 e. The Kier molecular flexibility index (Phi) is 2.09. The van der Waals surface area contributed by atoms with Crippen LogP contribution in [0.4, 0.5) is 5.82 Å². The van der Waals surface area contributed by atoms with Crippen LogP contribution in [-0.4, -0.2) is 40.1 Å². The average molecular weight is 193 g/mol. The van der Waals surface area contributed by atoms with Gasteiger partial charge in [0.2, 0.25) is 0 Å². The van der Waals surface area contributed by atoms with Crippen LogP contribution in [0.1, 0.15) is 10.5 Å². The van der Waals surface area contributed by atoms with Crippen LogP contribution < -0.4 is 5.73 Å². The lowest BCUT2D eigenvalue weighted by molar-refractivity contribution is 0.00552. The van der Waals surface area contributed by atoms with Gasteiger partial charge in [-0.05, 0) is 12.1 Å². The first-order valence-electron chi connectivity index (χ1n) is 4.36. The fourth-order valence-corrected chi connectivity index (χ4v) is 1.35. The predicted octanol–water partition coefficient (Wildman–Crippen LogP) is -0.520. The van der Waals surface area contributed by atoms with Crippen LogP contribution in [0.25, 0.3) is 0 Å². The van der Waals surface area contributed by atoms with E-state index >= 15 is 0 Å². The molecular formula is C9H11N3O2. The highest BCUT2D eigenvalue weighted by atomic mass is 16.3. The Labute approximate surface area is 81.2 Å². The Morgan fingerprint density at radius 2 is 2.29 bits per heavy atom. The molecule has 2 rings (SSSR count). The maximum atomic E-state index is 11.6. The van der Waals surface area contributed by atoms with Crippen molar-refractivity contribution in [1.82, 2.24) is 9.88 Å². The zero-order chi connectivity index (χ0) is 10.1. The molecule has 3 N–H and O–H groups in total. The van der Waals surface area contributed by atoms with Crippen molar-refractivity contribution in [2.24, 2.45) is 0 Å². The summed E-state index contributed by atoms with van der Waals surface area (Å²) in [5, 5.41) is 9.03. The summed E-state index contributed by atoms with van der Waals surface area (Å²) >= 11 is 0. The monoisotopic (exact) mass is 193 g/mol. The summed E-state index contributed by atoms with van der Waals surface area (Å²) in [5.41, 5.74) is 5.78. The molecule has 1 aliphatic rings. The minimum absolute atomic E-state index is 0.178. The van der Waals surface area contributed by atoms with E-state index in [-0.39, 0.29) is 12.0 Å². The summed E-state index contributed by atoms with van der Waals surface area (Å²) in [6.07, 6.45) is -0.389. The second-order valence-electron chi connectivity index (χ2n) is 3.31. The van der Waals surface area contributed by atoms with E-state index in [0.717, 1.165) is 0 Å². The number of nitrogens with two attached hydrogens (primary N) is 1. The smallest absolute Gasteiger partial charge is 0.272 e. The highest BCUT2D eigenvalue weighted by Crippen LogP contribution is 2.12. The number of anilines is 1. The Morgan fingerprint density at radius 3 is 2.86 bits per heavy atom.